The number of aromatic nitrogens is 1. The zero-order valence-electron chi connectivity index (χ0n) is 15.5. The largest absolute Gasteiger partial charge is 0.495 e. The van der Waals surface area contributed by atoms with Gasteiger partial charge in [0.25, 0.3) is 0 Å². The zero-order chi connectivity index (χ0) is 19.2. The van der Waals surface area contributed by atoms with Crippen molar-refractivity contribution >= 4 is 34.1 Å². The van der Waals surface area contributed by atoms with E-state index in [1.807, 2.05) is 25.1 Å². The number of benzene rings is 1. The van der Waals surface area contributed by atoms with E-state index in [2.05, 4.69) is 20.9 Å². The first kappa shape index (κ1) is 19.2. The summed E-state index contributed by atoms with van der Waals surface area (Å²) in [6.07, 6.45) is 4.50. The van der Waals surface area contributed by atoms with Crippen molar-refractivity contribution in [1.82, 2.24) is 10.3 Å². The van der Waals surface area contributed by atoms with E-state index in [0.717, 1.165) is 31.2 Å². The van der Waals surface area contributed by atoms with Crippen LogP contribution in [0.1, 0.15) is 36.9 Å². The second-order valence-electron chi connectivity index (χ2n) is 6.65. The predicted octanol–water partition coefficient (Wildman–Crippen LogP) is 3.71. The number of amides is 3. The number of ether oxygens (including phenoxy) is 1. The number of hydrogen-bond donors (Lipinski definition) is 3. The van der Waals surface area contributed by atoms with Gasteiger partial charge in [-0.1, -0.05) is 18.9 Å². The Labute approximate surface area is 162 Å². The minimum absolute atomic E-state index is 0.124. The molecular formula is C19H24N4O3S. The molecule has 1 aromatic carbocycles. The maximum Gasteiger partial charge on any atom is 0.321 e. The summed E-state index contributed by atoms with van der Waals surface area (Å²) in [6, 6.07) is 5.60. The number of nitrogens with one attached hydrogen (secondary N) is 3. The van der Waals surface area contributed by atoms with Gasteiger partial charge >= 0.3 is 6.03 Å². The lowest BCUT2D eigenvalue weighted by Crippen LogP contribution is -2.36. The van der Waals surface area contributed by atoms with Gasteiger partial charge < -0.3 is 15.4 Å². The van der Waals surface area contributed by atoms with Gasteiger partial charge in [-0.2, -0.15) is 0 Å². The molecule has 3 rings (SSSR count). The van der Waals surface area contributed by atoms with Crippen LogP contribution in [-0.4, -0.2) is 30.1 Å². The topological polar surface area (TPSA) is 92.4 Å². The van der Waals surface area contributed by atoms with Gasteiger partial charge in [0.1, 0.15) is 5.75 Å². The number of carbonyl (C=O) groups is 2. The minimum atomic E-state index is -0.239. The summed E-state index contributed by atoms with van der Waals surface area (Å²) in [5.41, 5.74) is 2.29. The Balaban J connectivity index is 1.52. The van der Waals surface area contributed by atoms with Gasteiger partial charge in [-0.25, -0.2) is 9.78 Å². The Morgan fingerprint density at radius 1 is 1.26 bits per heavy atom. The average Bonchev–Trinajstić information content (AvgIpc) is 3.28. The normalized spacial score (nSPS) is 14.0. The van der Waals surface area contributed by atoms with Crippen molar-refractivity contribution in [2.75, 3.05) is 17.7 Å². The standard InChI is InChI=1S/C19H24N4O3S/c1-12-7-8-15(16(9-12)26-2)22-17(24)10-14-11-27-19(21-14)23-18(25)20-13-5-3-4-6-13/h7-9,11,13H,3-6,10H2,1-2H3,(H,22,24)(H2,20,21,23,25). The molecule has 144 valence electrons. The van der Waals surface area contributed by atoms with Crippen LogP contribution in [0.3, 0.4) is 0 Å². The van der Waals surface area contributed by atoms with Crippen LogP contribution in [-0.2, 0) is 11.2 Å². The van der Waals surface area contributed by atoms with Gasteiger partial charge in [0.15, 0.2) is 5.13 Å². The quantitative estimate of drug-likeness (QED) is 0.703. The summed E-state index contributed by atoms with van der Waals surface area (Å²) in [5, 5.41) is 10.8. The van der Waals surface area contributed by atoms with Crippen LogP contribution in [0.15, 0.2) is 23.6 Å². The fourth-order valence-corrected chi connectivity index (χ4v) is 3.80. The molecule has 0 spiro atoms. The van der Waals surface area contributed by atoms with E-state index in [-0.39, 0.29) is 24.4 Å². The molecule has 8 heteroatoms. The summed E-state index contributed by atoms with van der Waals surface area (Å²) in [4.78, 5) is 28.6. The van der Waals surface area contributed by atoms with Gasteiger partial charge in [-0.15, -0.1) is 11.3 Å². The lowest BCUT2D eigenvalue weighted by atomic mass is 10.2. The van der Waals surface area contributed by atoms with Crippen molar-refractivity contribution in [1.29, 1.82) is 0 Å². The molecule has 3 N–H and O–H groups in total. The van der Waals surface area contributed by atoms with Crippen molar-refractivity contribution in [2.45, 2.75) is 45.1 Å². The highest BCUT2D eigenvalue weighted by molar-refractivity contribution is 7.13. The molecule has 1 saturated carbocycles. The lowest BCUT2D eigenvalue weighted by Gasteiger charge is -2.11. The highest BCUT2D eigenvalue weighted by Crippen LogP contribution is 2.25. The number of rotatable bonds is 6. The van der Waals surface area contributed by atoms with Crippen LogP contribution < -0.4 is 20.7 Å². The van der Waals surface area contributed by atoms with Gasteiger partial charge in [0.2, 0.25) is 5.91 Å². The smallest absolute Gasteiger partial charge is 0.321 e. The van der Waals surface area contributed by atoms with Crippen LogP contribution in [0.2, 0.25) is 0 Å². The number of thiazole rings is 1. The first-order valence-electron chi connectivity index (χ1n) is 9.00. The summed E-state index contributed by atoms with van der Waals surface area (Å²) in [7, 11) is 1.57. The lowest BCUT2D eigenvalue weighted by molar-refractivity contribution is -0.115. The highest BCUT2D eigenvalue weighted by atomic mass is 32.1. The average molecular weight is 388 g/mol. The fraction of sp³-hybridized carbons (Fsp3) is 0.421. The molecule has 1 aliphatic rings. The summed E-state index contributed by atoms with van der Waals surface area (Å²) < 4.78 is 5.30. The maximum atomic E-state index is 12.3. The fourth-order valence-electron chi connectivity index (χ4n) is 3.09. The minimum Gasteiger partial charge on any atom is -0.495 e. The number of anilines is 2. The van der Waals surface area contributed by atoms with Gasteiger partial charge in [0.05, 0.1) is 24.9 Å². The third-order valence-electron chi connectivity index (χ3n) is 4.44. The highest BCUT2D eigenvalue weighted by Gasteiger charge is 2.18. The van der Waals surface area contributed by atoms with E-state index in [9.17, 15) is 9.59 Å². The number of carbonyl (C=O) groups excluding carboxylic acids is 2. The number of nitrogens with zero attached hydrogens (tertiary/aromatic N) is 1. The Hall–Kier alpha value is -2.61. The van der Waals surface area contributed by atoms with Crippen LogP contribution in [0.5, 0.6) is 5.75 Å². The Morgan fingerprint density at radius 2 is 2.04 bits per heavy atom. The molecule has 0 unspecified atom stereocenters. The zero-order valence-corrected chi connectivity index (χ0v) is 16.3. The number of methoxy groups -OCH3 is 1. The van der Waals surface area contributed by atoms with Crippen LogP contribution in [0.25, 0.3) is 0 Å². The molecule has 1 fully saturated rings. The van der Waals surface area contributed by atoms with E-state index >= 15 is 0 Å². The number of urea groups is 1. The summed E-state index contributed by atoms with van der Waals surface area (Å²) in [5.74, 6) is 0.428. The molecular weight excluding hydrogens is 364 g/mol. The molecule has 1 heterocycles. The molecule has 3 amide bonds. The van der Waals surface area contributed by atoms with Gasteiger partial charge in [-0.05, 0) is 37.5 Å². The molecule has 1 aromatic heterocycles. The van der Waals surface area contributed by atoms with Gasteiger partial charge in [0, 0.05) is 11.4 Å². The number of hydrogen-bond acceptors (Lipinski definition) is 5. The van der Waals surface area contributed by atoms with Crippen LogP contribution >= 0.6 is 11.3 Å². The third kappa shape index (κ3) is 5.43. The van der Waals surface area contributed by atoms with Crippen LogP contribution in [0.4, 0.5) is 15.6 Å². The predicted molar refractivity (Wildman–Crippen MR) is 107 cm³/mol. The van der Waals surface area contributed by atoms with Gasteiger partial charge in [-0.3, -0.25) is 10.1 Å². The van der Waals surface area contributed by atoms with E-state index in [1.165, 1.54) is 11.3 Å². The molecule has 1 aliphatic carbocycles. The second kappa shape index (κ2) is 8.85. The molecule has 0 radical (unpaired) electrons. The molecule has 0 aliphatic heterocycles. The van der Waals surface area contributed by atoms with Crippen molar-refractivity contribution in [3.63, 3.8) is 0 Å². The van der Waals surface area contributed by atoms with E-state index in [4.69, 9.17) is 4.74 Å². The van der Waals surface area contributed by atoms with Crippen molar-refractivity contribution in [3.8, 4) is 5.75 Å². The summed E-state index contributed by atoms with van der Waals surface area (Å²) in [6.45, 7) is 1.96. The Bertz CT molecular complexity index is 815. The maximum absolute atomic E-state index is 12.3. The van der Waals surface area contributed by atoms with Crippen LogP contribution in [0, 0.1) is 6.92 Å². The monoisotopic (exact) mass is 388 g/mol. The van der Waals surface area contributed by atoms with E-state index in [0.29, 0.717) is 22.3 Å². The third-order valence-corrected chi connectivity index (χ3v) is 5.24. The molecule has 0 bridgehead atoms. The Morgan fingerprint density at radius 3 is 2.78 bits per heavy atom. The summed E-state index contributed by atoms with van der Waals surface area (Å²) >= 11 is 1.31. The molecule has 0 atom stereocenters. The second-order valence-corrected chi connectivity index (χ2v) is 7.51. The first-order chi connectivity index (χ1) is 13.0. The molecule has 2 aromatic rings. The van der Waals surface area contributed by atoms with E-state index < -0.39 is 0 Å². The molecule has 27 heavy (non-hydrogen) atoms. The van der Waals surface area contributed by atoms with Crippen molar-refractivity contribution < 1.29 is 14.3 Å². The van der Waals surface area contributed by atoms with E-state index in [1.54, 1.807) is 12.5 Å². The SMILES string of the molecule is COc1cc(C)ccc1NC(=O)Cc1csc(NC(=O)NC2CCCC2)n1. The molecule has 0 saturated heterocycles. The van der Waals surface area contributed by atoms with Crippen molar-refractivity contribution in [2.24, 2.45) is 0 Å². The number of aryl methyl sites for hydroxylation is 1. The Kier molecular flexibility index (Phi) is 6.28. The van der Waals surface area contributed by atoms with Crippen molar-refractivity contribution in [3.05, 3.63) is 34.8 Å². The first-order valence-corrected chi connectivity index (χ1v) is 9.88. The molecule has 7 nitrogen and oxygen atoms in total.